The highest BCUT2D eigenvalue weighted by atomic mass is 16.2. The lowest BCUT2D eigenvalue weighted by Gasteiger charge is -2.30. The van der Waals surface area contributed by atoms with Crippen molar-refractivity contribution in [2.24, 2.45) is 11.7 Å². The molecule has 0 aliphatic carbocycles. The quantitative estimate of drug-likeness (QED) is 0.863. The molecule has 1 heterocycles. The number of primary amides is 1. The Labute approximate surface area is 107 Å². The Morgan fingerprint density at radius 3 is 2.33 bits per heavy atom. The predicted molar refractivity (Wildman–Crippen MR) is 68.6 cm³/mol. The Kier molecular flexibility index (Phi) is 3.97. The fourth-order valence-electron chi connectivity index (χ4n) is 2.30. The number of carbonyl (C=O) groups is 2. The Morgan fingerprint density at radius 1 is 1.17 bits per heavy atom. The van der Waals surface area contributed by atoms with Crippen LogP contribution >= 0.6 is 0 Å². The van der Waals surface area contributed by atoms with Gasteiger partial charge < -0.3 is 10.6 Å². The second-order valence-electron chi connectivity index (χ2n) is 4.72. The van der Waals surface area contributed by atoms with Crippen LogP contribution in [0.15, 0.2) is 30.3 Å². The molecule has 1 aromatic rings. The highest BCUT2D eigenvalue weighted by molar-refractivity contribution is 5.80. The van der Waals surface area contributed by atoms with Crippen LogP contribution in [0.5, 0.6) is 0 Å². The van der Waals surface area contributed by atoms with E-state index in [1.165, 1.54) is 0 Å². The minimum atomic E-state index is -0.245. The van der Waals surface area contributed by atoms with E-state index < -0.39 is 0 Å². The smallest absolute Gasteiger partial charge is 0.226 e. The van der Waals surface area contributed by atoms with Gasteiger partial charge in [-0.2, -0.15) is 0 Å². The Balaban J connectivity index is 1.86. The van der Waals surface area contributed by atoms with Crippen molar-refractivity contribution in [3.8, 4) is 0 Å². The molecule has 0 unspecified atom stereocenters. The number of piperidine rings is 1. The van der Waals surface area contributed by atoms with Gasteiger partial charge >= 0.3 is 0 Å². The van der Waals surface area contributed by atoms with E-state index in [4.69, 9.17) is 5.73 Å². The number of hydrogen-bond donors (Lipinski definition) is 1. The summed E-state index contributed by atoms with van der Waals surface area (Å²) in [5.41, 5.74) is 6.30. The number of carbonyl (C=O) groups excluding carboxylic acids is 2. The van der Waals surface area contributed by atoms with E-state index in [1.54, 1.807) is 0 Å². The molecule has 1 aliphatic rings. The van der Waals surface area contributed by atoms with Crippen molar-refractivity contribution in [3.05, 3.63) is 35.9 Å². The molecule has 0 aromatic heterocycles. The maximum atomic E-state index is 12.1. The van der Waals surface area contributed by atoms with Gasteiger partial charge in [0.05, 0.1) is 6.42 Å². The third kappa shape index (κ3) is 3.09. The van der Waals surface area contributed by atoms with Crippen LogP contribution in [0.25, 0.3) is 0 Å². The zero-order valence-electron chi connectivity index (χ0n) is 10.3. The molecule has 0 bridgehead atoms. The third-order valence-electron chi connectivity index (χ3n) is 3.45. The molecule has 18 heavy (non-hydrogen) atoms. The highest BCUT2D eigenvalue weighted by Gasteiger charge is 2.25. The summed E-state index contributed by atoms with van der Waals surface area (Å²) in [5.74, 6) is -0.181. The summed E-state index contributed by atoms with van der Waals surface area (Å²) in [6.07, 6.45) is 1.81. The number of likely N-dealkylation sites (tertiary alicyclic amines) is 1. The van der Waals surface area contributed by atoms with Crippen LogP contribution < -0.4 is 5.73 Å². The maximum absolute atomic E-state index is 12.1. The molecule has 0 radical (unpaired) electrons. The minimum absolute atomic E-state index is 0.0641. The van der Waals surface area contributed by atoms with E-state index >= 15 is 0 Å². The average molecular weight is 246 g/mol. The molecule has 1 aliphatic heterocycles. The van der Waals surface area contributed by atoms with Gasteiger partial charge in [0.25, 0.3) is 0 Å². The van der Waals surface area contributed by atoms with Gasteiger partial charge in [0, 0.05) is 19.0 Å². The lowest BCUT2D eigenvalue weighted by Crippen LogP contribution is -2.42. The van der Waals surface area contributed by atoms with Crippen LogP contribution in [-0.2, 0) is 16.0 Å². The fourth-order valence-corrected chi connectivity index (χ4v) is 2.30. The van der Waals surface area contributed by atoms with Crippen LogP contribution in [0.3, 0.4) is 0 Å². The summed E-state index contributed by atoms with van der Waals surface area (Å²) >= 11 is 0. The largest absolute Gasteiger partial charge is 0.369 e. The van der Waals surface area contributed by atoms with Crippen molar-refractivity contribution in [1.82, 2.24) is 4.90 Å². The molecule has 4 nitrogen and oxygen atoms in total. The van der Waals surface area contributed by atoms with E-state index in [1.807, 2.05) is 35.2 Å². The van der Waals surface area contributed by atoms with Crippen molar-refractivity contribution in [1.29, 1.82) is 0 Å². The standard InChI is InChI=1S/C14H18N2O2/c15-14(18)12-6-8-16(9-7-12)13(17)10-11-4-2-1-3-5-11/h1-5,12H,6-10H2,(H2,15,18). The predicted octanol–water partition coefficient (Wildman–Crippen LogP) is 0.953. The van der Waals surface area contributed by atoms with Gasteiger partial charge in [-0.05, 0) is 18.4 Å². The number of amides is 2. The number of hydrogen-bond acceptors (Lipinski definition) is 2. The highest BCUT2D eigenvalue weighted by Crippen LogP contribution is 2.17. The Hall–Kier alpha value is -1.84. The van der Waals surface area contributed by atoms with Crippen molar-refractivity contribution in [3.63, 3.8) is 0 Å². The summed E-state index contributed by atoms with van der Waals surface area (Å²) in [4.78, 5) is 24.9. The van der Waals surface area contributed by atoms with Crippen LogP contribution in [0.1, 0.15) is 18.4 Å². The molecular formula is C14H18N2O2. The van der Waals surface area contributed by atoms with Gasteiger partial charge in [-0.1, -0.05) is 30.3 Å². The molecule has 2 N–H and O–H groups in total. The van der Waals surface area contributed by atoms with Gasteiger partial charge in [-0.3, -0.25) is 9.59 Å². The summed E-state index contributed by atoms with van der Waals surface area (Å²) in [7, 11) is 0. The van der Waals surface area contributed by atoms with Gasteiger partial charge in [0.1, 0.15) is 0 Å². The summed E-state index contributed by atoms with van der Waals surface area (Å²) in [6, 6.07) is 9.71. The van der Waals surface area contributed by atoms with Gasteiger partial charge in [-0.15, -0.1) is 0 Å². The fraction of sp³-hybridized carbons (Fsp3) is 0.429. The first-order chi connectivity index (χ1) is 8.66. The molecule has 96 valence electrons. The Bertz CT molecular complexity index is 423. The molecule has 0 atom stereocenters. The van der Waals surface area contributed by atoms with Crippen LogP contribution in [0.2, 0.25) is 0 Å². The van der Waals surface area contributed by atoms with E-state index in [-0.39, 0.29) is 17.7 Å². The summed E-state index contributed by atoms with van der Waals surface area (Å²) < 4.78 is 0. The van der Waals surface area contributed by atoms with Crippen molar-refractivity contribution in [2.75, 3.05) is 13.1 Å². The molecule has 4 heteroatoms. The van der Waals surface area contributed by atoms with Gasteiger partial charge in [0.15, 0.2) is 0 Å². The number of benzene rings is 1. The number of nitrogens with two attached hydrogens (primary N) is 1. The van der Waals surface area contributed by atoms with Crippen molar-refractivity contribution >= 4 is 11.8 Å². The van der Waals surface area contributed by atoms with E-state index in [0.29, 0.717) is 32.4 Å². The summed E-state index contributed by atoms with van der Waals surface area (Å²) in [6.45, 7) is 1.28. The minimum Gasteiger partial charge on any atom is -0.369 e. The molecule has 0 spiro atoms. The SMILES string of the molecule is NC(=O)C1CCN(C(=O)Cc2ccccc2)CC1. The average Bonchev–Trinajstić information content (AvgIpc) is 2.40. The van der Waals surface area contributed by atoms with Crippen molar-refractivity contribution in [2.45, 2.75) is 19.3 Å². The first-order valence-corrected chi connectivity index (χ1v) is 6.28. The second-order valence-corrected chi connectivity index (χ2v) is 4.72. The van der Waals surface area contributed by atoms with Crippen LogP contribution in [0.4, 0.5) is 0 Å². The second kappa shape index (κ2) is 5.67. The number of nitrogens with zero attached hydrogens (tertiary/aromatic N) is 1. The van der Waals surface area contributed by atoms with E-state index in [9.17, 15) is 9.59 Å². The molecule has 1 fully saturated rings. The first kappa shape index (κ1) is 12.6. The summed E-state index contributed by atoms with van der Waals surface area (Å²) in [5, 5.41) is 0. The van der Waals surface area contributed by atoms with Gasteiger partial charge in [0.2, 0.25) is 11.8 Å². The van der Waals surface area contributed by atoms with E-state index in [2.05, 4.69) is 0 Å². The topological polar surface area (TPSA) is 63.4 Å². The molecule has 2 amide bonds. The lowest BCUT2D eigenvalue weighted by atomic mass is 9.96. The third-order valence-corrected chi connectivity index (χ3v) is 3.45. The van der Waals surface area contributed by atoms with E-state index in [0.717, 1.165) is 5.56 Å². The van der Waals surface area contributed by atoms with Crippen LogP contribution in [0, 0.1) is 5.92 Å². The molecule has 0 saturated carbocycles. The number of rotatable bonds is 3. The molecular weight excluding hydrogens is 228 g/mol. The zero-order chi connectivity index (χ0) is 13.0. The zero-order valence-corrected chi connectivity index (χ0v) is 10.3. The first-order valence-electron chi connectivity index (χ1n) is 6.28. The monoisotopic (exact) mass is 246 g/mol. The van der Waals surface area contributed by atoms with Gasteiger partial charge in [-0.25, -0.2) is 0 Å². The molecule has 2 rings (SSSR count). The molecule has 1 saturated heterocycles. The van der Waals surface area contributed by atoms with Crippen molar-refractivity contribution < 1.29 is 9.59 Å². The Morgan fingerprint density at radius 2 is 1.78 bits per heavy atom. The molecule has 1 aromatic carbocycles. The normalized spacial score (nSPS) is 16.6. The maximum Gasteiger partial charge on any atom is 0.226 e. The lowest BCUT2D eigenvalue weighted by molar-refractivity contribution is -0.134. The van der Waals surface area contributed by atoms with Crippen LogP contribution in [-0.4, -0.2) is 29.8 Å².